The standard InChI is InChI=1S/C17H23N3/c18-12-15-6-2-3-7-16(15)13-19-11-8-17(14-19)20-9-4-1-5-10-20/h2-3,6-7,17H,1,4-5,8-11,13-14H2. The zero-order chi connectivity index (χ0) is 13.8. The molecule has 106 valence electrons. The topological polar surface area (TPSA) is 30.3 Å². The fraction of sp³-hybridized carbons (Fsp3) is 0.588. The second-order valence-electron chi connectivity index (χ2n) is 6.04. The lowest BCUT2D eigenvalue weighted by Crippen LogP contribution is -2.40. The van der Waals surface area contributed by atoms with E-state index in [0.29, 0.717) is 0 Å². The number of nitrogens with zero attached hydrogens (tertiary/aromatic N) is 3. The molecule has 0 saturated carbocycles. The van der Waals surface area contributed by atoms with Gasteiger partial charge in [0.2, 0.25) is 0 Å². The van der Waals surface area contributed by atoms with Gasteiger partial charge in [-0.1, -0.05) is 24.6 Å². The SMILES string of the molecule is N#Cc1ccccc1CN1CCC(N2CCCCC2)C1. The molecule has 3 nitrogen and oxygen atoms in total. The van der Waals surface area contributed by atoms with Crippen LogP contribution in [0.4, 0.5) is 0 Å². The highest BCUT2D eigenvalue weighted by Crippen LogP contribution is 2.22. The average Bonchev–Trinajstić information content (AvgIpc) is 2.97. The molecule has 0 radical (unpaired) electrons. The first-order chi connectivity index (χ1) is 9.86. The lowest BCUT2D eigenvalue weighted by molar-refractivity contribution is 0.161. The monoisotopic (exact) mass is 269 g/mol. The highest BCUT2D eigenvalue weighted by atomic mass is 15.3. The minimum absolute atomic E-state index is 0.740. The molecule has 2 heterocycles. The molecule has 3 rings (SSSR count). The van der Waals surface area contributed by atoms with Crippen LogP contribution in [0, 0.1) is 11.3 Å². The van der Waals surface area contributed by atoms with Crippen molar-refractivity contribution in [1.29, 1.82) is 5.26 Å². The predicted octanol–water partition coefficient (Wildman–Crippen LogP) is 2.62. The Labute approximate surface area is 121 Å². The Morgan fingerprint density at radius 2 is 1.90 bits per heavy atom. The van der Waals surface area contributed by atoms with Gasteiger partial charge in [0.15, 0.2) is 0 Å². The van der Waals surface area contributed by atoms with Gasteiger partial charge in [0.25, 0.3) is 0 Å². The fourth-order valence-corrected chi connectivity index (χ4v) is 3.55. The van der Waals surface area contributed by atoms with Gasteiger partial charge in [0.05, 0.1) is 11.6 Å². The van der Waals surface area contributed by atoms with Crippen molar-refractivity contribution in [3.05, 3.63) is 35.4 Å². The number of nitriles is 1. The van der Waals surface area contributed by atoms with E-state index >= 15 is 0 Å². The van der Waals surface area contributed by atoms with Crippen molar-refractivity contribution in [1.82, 2.24) is 9.80 Å². The maximum Gasteiger partial charge on any atom is 0.0995 e. The summed E-state index contributed by atoms with van der Waals surface area (Å²) in [6.07, 6.45) is 5.43. The normalized spacial score (nSPS) is 24.6. The lowest BCUT2D eigenvalue weighted by atomic mass is 10.1. The summed E-state index contributed by atoms with van der Waals surface area (Å²) in [6, 6.07) is 11.0. The molecule has 0 amide bonds. The zero-order valence-electron chi connectivity index (χ0n) is 12.1. The molecule has 3 heteroatoms. The van der Waals surface area contributed by atoms with Crippen LogP contribution in [0.2, 0.25) is 0 Å². The third kappa shape index (κ3) is 3.03. The van der Waals surface area contributed by atoms with Crippen molar-refractivity contribution < 1.29 is 0 Å². The van der Waals surface area contributed by atoms with Gasteiger partial charge < -0.3 is 0 Å². The first-order valence-electron chi connectivity index (χ1n) is 7.81. The van der Waals surface area contributed by atoms with Gasteiger partial charge in [-0.2, -0.15) is 5.26 Å². The van der Waals surface area contributed by atoms with Crippen LogP contribution in [0.3, 0.4) is 0 Å². The lowest BCUT2D eigenvalue weighted by Gasteiger charge is -2.32. The number of likely N-dealkylation sites (tertiary alicyclic amines) is 2. The van der Waals surface area contributed by atoms with E-state index < -0.39 is 0 Å². The van der Waals surface area contributed by atoms with Crippen LogP contribution in [-0.4, -0.2) is 42.0 Å². The van der Waals surface area contributed by atoms with Crippen molar-refractivity contribution in [3.63, 3.8) is 0 Å². The molecule has 0 aromatic heterocycles. The van der Waals surface area contributed by atoms with Crippen LogP contribution >= 0.6 is 0 Å². The molecule has 0 spiro atoms. The second-order valence-corrected chi connectivity index (χ2v) is 6.04. The molecular formula is C17H23N3. The van der Waals surface area contributed by atoms with Crippen molar-refractivity contribution in [2.75, 3.05) is 26.2 Å². The molecule has 0 N–H and O–H groups in total. The van der Waals surface area contributed by atoms with E-state index in [0.717, 1.165) is 18.2 Å². The predicted molar refractivity (Wildman–Crippen MR) is 80.3 cm³/mol. The fourth-order valence-electron chi connectivity index (χ4n) is 3.55. The second kappa shape index (κ2) is 6.39. The Balaban J connectivity index is 1.59. The molecule has 1 aromatic carbocycles. The van der Waals surface area contributed by atoms with Crippen LogP contribution in [0.1, 0.15) is 36.8 Å². The molecule has 2 aliphatic heterocycles. The van der Waals surface area contributed by atoms with E-state index in [1.54, 1.807) is 0 Å². The first kappa shape index (κ1) is 13.6. The zero-order valence-corrected chi connectivity index (χ0v) is 12.1. The molecule has 2 saturated heterocycles. The highest BCUT2D eigenvalue weighted by molar-refractivity contribution is 5.37. The van der Waals surface area contributed by atoms with Crippen molar-refractivity contribution >= 4 is 0 Å². The van der Waals surface area contributed by atoms with Crippen LogP contribution in [0.25, 0.3) is 0 Å². The summed E-state index contributed by atoms with van der Waals surface area (Å²) in [5.74, 6) is 0. The Hall–Kier alpha value is -1.37. The van der Waals surface area contributed by atoms with Crippen LogP contribution < -0.4 is 0 Å². The van der Waals surface area contributed by atoms with Crippen molar-refractivity contribution in [3.8, 4) is 6.07 Å². The molecule has 1 unspecified atom stereocenters. The van der Waals surface area contributed by atoms with E-state index in [1.807, 2.05) is 18.2 Å². The number of hydrogen-bond donors (Lipinski definition) is 0. The van der Waals surface area contributed by atoms with E-state index in [-0.39, 0.29) is 0 Å². The van der Waals surface area contributed by atoms with Crippen LogP contribution in [0.5, 0.6) is 0 Å². The minimum Gasteiger partial charge on any atom is -0.299 e. The summed E-state index contributed by atoms with van der Waals surface area (Å²) in [6.45, 7) is 5.83. The quantitative estimate of drug-likeness (QED) is 0.845. The van der Waals surface area contributed by atoms with E-state index in [4.69, 9.17) is 0 Å². The van der Waals surface area contributed by atoms with Crippen molar-refractivity contribution in [2.45, 2.75) is 38.3 Å². The molecular weight excluding hydrogens is 246 g/mol. The first-order valence-corrected chi connectivity index (χ1v) is 7.81. The van der Waals surface area contributed by atoms with Gasteiger partial charge in [-0.25, -0.2) is 0 Å². The van der Waals surface area contributed by atoms with Gasteiger partial charge in [-0.15, -0.1) is 0 Å². The Bertz CT molecular complexity index is 485. The summed E-state index contributed by atoms with van der Waals surface area (Å²) < 4.78 is 0. The molecule has 20 heavy (non-hydrogen) atoms. The summed E-state index contributed by atoms with van der Waals surface area (Å²) in [5, 5.41) is 9.17. The van der Waals surface area contributed by atoms with Crippen LogP contribution in [0.15, 0.2) is 24.3 Å². The maximum absolute atomic E-state index is 9.17. The average molecular weight is 269 g/mol. The molecule has 2 aliphatic rings. The number of piperidine rings is 1. The number of benzene rings is 1. The summed E-state index contributed by atoms with van der Waals surface area (Å²) in [7, 11) is 0. The number of hydrogen-bond acceptors (Lipinski definition) is 3. The Morgan fingerprint density at radius 1 is 1.10 bits per heavy atom. The minimum atomic E-state index is 0.740. The van der Waals surface area contributed by atoms with E-state index in [2.05, 4.69) is 21.9 Å². The van der Waals surface area contributed by atoms with Gasteiger partial charge in [0.1, 0.15) is 0 Å². The van der Waals surface area contributed by atoms with E-state index in [1.165, 1.54) is 57.4 Å². The number of rotatable bonds is 3. The van der Waals surface area contributed by atoms with Gasteiger partial charge in [-0.05, 0) is 44.0 Å². The van der Waals surface area contributed by atoms with Gasteiger partial charge >= 0.3 is 0 Å². The summed E-state index contributed by atoms with van der Waals surface area (Å²) >= 11 is 0. The third-order valence-electron chi connectivity index (χ3n) is 4.69. The van der Waals surface area contributed by atoms with Gasteiger partial charge in [0, 0.05) is 25.7 Å². The maximum atomic E-state index is 9.17. The largest absolute Gasteiger partial charge is 0.299 e. The smallest absolute Gasteiger partial charge is 0.0995 e. The molecule has 2 fully saturated rings. The molecule has 0 bridgehead atoms. The van der Waals surface area contributed by atoms with Crippen LogP contribution in [-0.2, 0) is 6.54 Å². The molecule has 1 aromatic rings. The van der Waals surface area contributed by atoms with Gasteiger partial charge in [-0.3, -0.25) is 9.80 Å². The van der Waals surface area contributed by atoms with Crippen molar-refractivity contribution in [2.24, 2.45) is 0 Å². The summed E-state index contributed by atoms with van der Waals surface area (Å²) in [5.41, 5.74) is 2.00. The molecule has 1 atom stereocenters. The summed E-state index contributed by atoms with van der Waals surface area (Å²) in [4.78, 5) is 5.19. The Morgan fingerprint density at radius 3 is 2.70 bits per heavy atom. The highest BCUT2D eigenvalue weighted by Gasteiger charge is 2.28. The van der Waals surface area contributed by atoms with E-state index in [9.17, 15) is 5.26 Å². The molecule has 0 aliphatic carbocycles. The Kier molecular flexibility index (Phi) is 4.34. The third-order valence-corrected chi connectivity index (χ3v) is 4.69.